The molecule has 0 spiro atoms. The fraction of sp³-hybridized carbons (Fsp3) is 0.455. The number of nitrogen functional groups attached to an aromatic ring is 1. The van der Waals surface area contributed by atoms with Crippen molar-refractivity contribution in [3.63, 3.8) is 0 Å². The minimum atomic E-state index is -7.22. The minimum Gasteiger partial charge on any atom is -0.397 e. The zero-order chi connectivity index (χ0) is 22.7. The molecule has 2 N–H and O–H groups in total. The van der Waals surface area contributed by atoms with Crippen molar-refractivity contribution in [3.8, 4) is 0 Å². The highest BCUT2D eigenvalue weighted by Crippen LogP contribution is 2.59. The van der Waals surface area contributed by atoms with Crippen molar-refractivity contribution in [1.29, 1.82) is 0 Å². The van der Waals surface area contributed by atoms with Crippen molar-refractivity contribution < 1.29 is 61.1 Å². The van der Waals surface area contributed by atoms with Crippen molar-refractivity contribution >= 4 is 31.5 Å². The molecule has 0 radical (unpaired) electrons. The van der Waals surface area contributed by atoms with Gasteiger partial charge in [0.25, 0.3) is 9.84 Å². The Morgan fingerprint density at radius 1 is 0.786 bits per heavy atom. The molecule has 1 rings (SSSR count). The standard InChI is InChI=1S/C11H4BrF12NO2S/c12-4-1-3(2-5(6(4)25)28(26,27)11(22,23)24)7(13,9(16,17)18)8(14,15)10(19,20)21/h1-2H,25H2. The highest BCUT2D eigenvalue weighted by atomic mass is 79.9. The van der Waals surface area contributed by atoms with Crippen LogP contribution in [0.15, 0.2) is 21.5 Å². The normalized spacial score (nSPS) is 16.8. The summed E-state index contributed by atoms with van der Waals surface area (Å²) < 4.78 is 177. The molecule has 17 heteroatoms. The fourth-order valence-electron chi connectivity index (χ4n) is 1.86. The Hall–Kier alpha value is -1.39. The summed E-state index contributed by atoms with van der Waals surface area (Å²) in [5.74, 6) is -7.22. The van der Waals surface area contributed by atoms with Crippen LogP contribution in [-0.2, 0) is 15.5 Å². The second-order valence-electron chi connectivity index (χ2n) is 5.05. The van der Waals surface area contributed by atoms with Gasteiger partial charge in [-0.2, -0.15) is 48.3 Å². The molecular formula is C11H4BrF12NO2S. The van der Waals surface area contributed by atoms with Crippen LogP contribution in [0.1, 0.15) is 5.56 Å². The number of nitrogens with two attached hydrogens (primary N) is 1. The number of alkyl halides is 12. The maximum absolute atomic E-state index is 14.3. The van der Waals surface area contributed by atoms with Crippen LogP contribution in [-0.4, -0.2) is 32.2 Å². The van der Waals surface area contributed by atoms with Gasteiger partial charge in [0.05, 0.1) is 5.69 Å². The average Bonchev–Trinajstić information content (AvgIpc) is 2.44. The SMILES string of the molecule is Nc1c(Br)cc(C(F)(C(F)(F)F)C(F)(F)C(F)(F)F)cc1S(=O)(=O)C(F)(F)F. The second-order valence-corrected chi connectivity index (χ2v) is 7.81. The van der Waals surface area contributed by atoms with Crippen LogP contribution in [0.2, 0.25) is 0 Å². The number of halogens is 13. The summed E-state index contributed by atoms with van der Waals surface area (Å²) in [6, 6.07) is -1.41. The van der Waals surface area contributed by atoms with Crippen LogP contribution < -0.4 is 5.73 Å². The summed E-state index contributed by atoms with van der Waals surface area (Å²) in [6.45, 7) is 0. The van der Waals surface area contributed by atoms with E-state index in [0.29, 0.717) is 0 Å². The van der Waals surface area contributed by atoms with E-state index in [-0.39, 0.29) is 0 Å². The van der Waals surface area contributed by atoms with Gasteiger partial charge >= 0.3 is 29.5 Å². The molecule has 1 aromatic rings. The zero-order valence-corrected chi connectivity index (χ0v) is 14.8. The smallest absolute Gasteiger partial charge is 0.397 e. The lowest BCUT2D eigenvalue weighted by molar-refractivity contribution is -0.389. The molecule has 162 valence electrons. The van der Waals surface area contributed by atoms with Crippen LogP contribution in [0.25, 0.3) is 0 Å². The molecule has 0 bridgehead atoms. The van der Waals surface area contributed by atoms with E-state index < -0.39 is 72.0 Å². The third kappa shape index (κ3) is 3.50. The van der Waals surface area contributed by atoms with E-state index in [1.54, 1.807) is 0 Å². The van der Waals surface area contributed by atoms with Crippen LogP contribution >= 0.6 is 15.9 Å². The number of hydrogen-bond acceptors (Lipinski definition) is 3. The van der Waals surface area contributed by atoms with Gasteiger partial charge in [-0.25, -0.2) is 12.8 Å². The lowest BCUT2D eigenvalue weighted by Crippen LogP contribution is -2.59. The number of anilines is 1. The number of hydrogen-bond donors (Lipinski definition) is 1. The van der Waals surface area contributed by atoms with E-state index in [9.17, 15) is 61.1 Å². The van der Waals surface area contributed by atoms with Gasteiger partial charge < -0.3 is 5.73 Å². The highest BCUT2D eigenvalue weighted by Gasteiger charge is 2.81. The Labute approximate surface area is 155 Å². The van der Waals surface area contributed by atoms with Gasteiger partial charge in [0.2, 0.25) is 0 Å². The Balaban J connectivity index is 4.07. The van der Waals surface area contributed by atoms with E-state index in [4.69, 9.17) is 5.73 Å². The third-order valence-electron chi connectivity index (χ3n) is 3.26. The van der Waals surface area contributed by atoms with Crippen molar-refractivity contribution in [2.75, 3.05) is 5.73 Å². The maximum atomic E-state index is 14.3. The first-order valence-electron chi connectivity index (χ1n) is 6.14. The largest absolute Gasteiger partial charge is 0.501 e. The monoisotopic (exact) mass is 521 g/mol. The van der Waals surface area contributed by atoms with E-state index in [2.05, 4.69) is 15.9 Å². The molecule has 0 saturated carbocycles. The molecule has 0 heterocycles. The molecule has 0 saturated heterocycles. The summed E-state index contributed by atoms with van der Waals surface area (Å²) in [5, 5.41) is 0. The lowest BCUT2D eigenvalue weighted by atomic mass is 9.87. The fourth-order valence-corrected chi connectivity index (χ4v) is 3.38. The topological polar surface area (TPSA) is 60.2 Å². The molecule has 3 nitrogen and oxygen atoms in total. The summed E-state index contributed by atoms with van der Waals surface area (Å²) in [7, 11) is -6.65. The molecule has 0 amide bonds. The minimum absolute atomic E-state index is 0.433. The van der Waals surface area contributed by atoms with E-state index in [1.807, 2.05) is 0 Å². The summed E-state index contributed by atoms with van der Waals surface area (Å²) >= 11 is 2.12. The number of sulfone groups is 1. The van der Waals surface area contributed by atoms with E-state index >= 15 is 0 Å². The molecule has 0 aliphatic rings. The van der Waals surface area contributed by atoms with E-state index in [0.717, 1.165) is 0 Å². The Bertz CT molecular complexity index is 873. The van der Waals surface area contributed by atoms with E-state index in [1.165, 1.54) is 0 Å². The summed E-state index contributed by atoms with van der Waals surface area (Å²) in [5.41, 5.74) is -12.2. The van der Waals surface area contributed by atoms with Gasteiger partial charge in [0.1, 0.15) is 4.90 Å². The predicted octanol–water partition coefficient (Wildman–Crippen LogP) is 5.25. The predicted molar refractivity (Wildman–Crippen MR) is 71.6 cm³/mol. The Morgan fingerprint density at radius 2 is 1.21 bits per heavy atom. The van der Waals surface area contributed by atoms with Gasteiger partial charge in [0, 0.05) is 10.0 Å². The first kappa shape index (κ1) is 24.6. The molecule has 1 unspecified atom stereocenters. The molecular weight excluding hydrogens is 518 g/mol. The van der Waals surface area contributed by atoms with Crippen LogP contribution in [0.5, 0.6) is 0 Å². The van der Waals surface area contributed by atoms with Crippen LogP contribution in [0.4, 0.5) is 58.4 Å². The second kappa shape index (κ2) is 6.56. The molecule has 28 heavy (non-hydrogen) atoms. The quantitative estimate of drug-likeness (QED) is 0.436. The van der Waals surface area contributed by atoms with Gasteiger partial charge in [-0.1, -0.05) is 0 Å². The van der Waals surface area contributed by atoms with Gasteiger partial charge in [-0.3, -0.25) is 0 Å². The number of benzene rings is 1. The molecule has 0 aliphatic heterocycles. The van der Waals surface area contributed by atoms with Gasteiger partial charge in [-0.15, -0.1) is 0 Å². The lowest BCUT2D eigenvalue weighted by Gasteiger charge is -2.36. The third-order valence-corrected chi connectivity index (χ3v) is 5.45. The first-order chi connectivity index (χ1) is 12.0. The summed E-state index contributed by atoms with van der Waals surface area (Å²) in [4.78, 5) is -2.35. The molecule has 0 aliphatic carbocycles. The Morgan fingerprint density at radius 3 is 1.54 bits per heavy atom. The van der Waals surface area contributed by atoms with Crippen molar-refractivity contribution in [2.24, 2.45) is 0 Å². The summed E-state index contributed by atoms with van der Waals surface area (Å²) in [6.07, 6.45) is -14.2. The molecule has 1 aromatic carbocycles. The van der Waals surface area contributed by atoms with Crippen LogP contribution in [0.3, 0.4) is 0 Å². The molecule has 0 aromatic heterocycles. The van der Waals surface area contributed by atoms with Crippen LogP contribution in [0, 0.1) is 0 Å². The maximum Gasteiger partial charge on any atom is 0.501 e. The zero-order valence-electron chi connectivity index (χ0n) is 12.4. The Kier molecular flexibility index (Phi) is 5.78. The average molecular weight is 522 g/mol. The highest BCUT2D eigenvalue weighted by molar-refractivity contribution is 9.10. The molecule has 1 atom stereocenters. The van der Waals surface area contributed by atoms with Crippen molar-refractivity contribution in [2.45, 2.75) is 34.3 Å². The first-order valence-corrected chi connectivity index (χ1v) is 8.42. The molecule has 0 fully saturated rings. The number of rotatable bonds is 3. The van der Waals surface area contributed by atoms with Gasteiger partial charge in [0.15, 0.2) is 0 Å². The van der Waals surface area contributed by atoms with Crippen molar-refractivity contribution in [3.05, 3.63) is 22.2 Å². The van der Waals surface area contributed by atoms with Crippen molar-refractivity contribution in [1.82, 2.24) is 0 Å². The van der Waals surface area contributed by atoms with Gasteiger partial charge in [-0.05, 0) is 28.1 Å².